The maximum absolute atomic E-state index is 13.0. The summed E-state index contributed by atoms with van der Waals surface area (Å²) in [5.41, 5.74) is 0. The second-order valence-electron chi connectivity index (χ2n) is 23.4. The van der Waals surface area contributed by atoms with E-state index >= 15 is 0 Å². The van der Waals surface area contributed by atoms with Gasteiger partial charge in [0.05, 0.1) is 0 Å². The van der Waals surface area contributed by atoms with Crippen molar-refractivity contribution in [1.82, 2.24) is 0 Å². The number of hydrogen-bond donors (Lipinski definition) is 0. The van der Waals surface area contributed by atoms with Gasteiger partial charge in [0, 0.05) is 19.3 Å². The Morgan fingerprint density at radius 1 is 0.253 bits per heavy atom. The van der Waals surface area contributed by atoms with Crippen LogP contribution in [0.3, 0.4) is 0 Å². The lowest BCUT2D eigenvalue weighted by molar-refractivity contribution is -0.167. The molecule has 0 bridgehead atoms. The molecular weight excluding hydrogens is 1020 g/mol. The molecule has 0 aliphatic heterocycles. The molecule has 0 aromatic rings. The topological polar surface area (TPSA) is 78.9 Å². The molecule has 0 rings (SSSR count). The van der Waals surface area contributed by atoms with Crippen LogP contribution >= 0.6 is 0 Å². The van der Waals surface area contributed by atoms with Crippen molar-refractivity contribution < 1.29 is 28.6 Å². The molecule has 0 heterocycles. The van der Waals surface area contributed by atoms with Gasteiger partial charge < -0.3 is 14.2 Å². The highest BCUT2D eigenvalue weighted by Crippen LogP contribution is 2.17. The maximum atomic E-state index is 13.0. The minimum absolute atomic E-state index is 0.0811. The molecule has 1 unspecified atom stereocenters. The normalized spacial score (nSPS) is 12.8. The second kappa shape index (κ2) is 70.6. The van der Waals surface area contributed by atoms with E-state index in [1.165, 1.54) is 186 Å². The lowest BCUT2D eigenvalue weighted by atomic mass is 10.0. The molecule has 6 heteroatoms. The molecule has 0 aromatic heterocycles. The molecular formula is C77H132O6. The Morgan fingerprint density at radius 3 is 0.735 bits per heavy atom. The Hall–Kier alpha value is -3.93. The number of esters is 3. The van der Waals surface area contributed by atoms with Crippen molar-refractivity contribution >= 4 is 17.9 Å². The third-order valence-electron chi connectivity index (χ3n) is 15.2. The molecule has 0 saturated carbocycles. The zero-order valence-electron chi connectivity index (χ0n) is 54.7. The van der Waals surface area contributed by atoms with E-state index in [9.17, 15) is 14.4 Å². The average Bonchev–Trinajstić information content (AvgIpc) is 3.49. The molecule has 6 nitrogen and oxygen atoms in total. The molecule has 1 atom stereocenters. The summed E-state index contributed by atoms with van der Waals surface area (Å²) in [4.78, 5) is 38.5. The first-order chi connectivity index (χ1) is 41.0. The fraction of sp³-hybridized carbons (Fsp3) is 0.727. The average molecular weight is 1150 g/mol. The van der Waals surface area contributed by atoms with Gasteiger partial charge in [-0.25, -0.2) is 0 Å². The van der Waals surface area contributed by atoms with Crippen LogP contribution in [0.15, 0.2) is 109 Å². The Balaban J connectivity index is 4.30. The van der Waals surface area contributed by atoms with Gasteiger partial charge in [0.15, 0.2) is 6.10 Å². The summed E-state index contributed by atoms with van der Waals surface area (Å²) in [6.45, 7) is 6.42. The lowest BCUT2D eigenvalue weighted by Crippen LogP contribution is -2.30. The molecule has 0 fully saturated rings. The molecule has 476 valence electrons. The third-order valence-corrected chi connectivity index (χ3v) is 15.2. The molecule has 0 spiro atoms. The Kier molecular flexibility index (Phi) is 67.2. The summed E-state index contributed by atoms with van der Waals surface area (Å²) in [7, 11) is 0. The highest BCUT2D eigenvalue weighted by molar-refractivity contribution is 5.71. The van der Waals surface area contributed by atoms with Gasteiger partial charge in [0.2, 0.25) is 0 Å². The number of carbonyl (C=O) groups is 3. The van der Waals surface area contributed by atoms with Crippen LogP contribution in [0.4, 0.5) is 0 Å². The lowest BCUT2D eigenvalue weighted by Gasteiger charge is -2.18. The zero-order valence-corrected chi connectivity index (χ0v) is 54.7. The van der Waals surface area contributed by atoms with E-state index in [-0.39, 0.29) is 31.1 Å². The third kappa shape index (κ3) is 68.7. The van der Waals surface area contributed by atoms with Crippen LogP contribution in [0, 0.1) is 0 Å². The Morgan fingerprint density at radius 2 is 0.470 bits per heavy atom. The highest BCUT2D eigenvalue weighted by atomic mass is 16.6. The number of rotatable bonds is 64. The van der Waals surface area contributed by atoms with Crippen LogP contribution in [-0.4, -0.2) is 37.2 Å². The minimum atomic E-state index is -0.787. The van der Waals surface area contributed by atoms with E-state index in [0.29, 0.717) is 19.3 Å². The van der Waals surface area contributed by atoms with E-state index in [4.69, 9.17) is 14.2 Å². The smallest absolute Gasteiger partial charge is 0.306 e. The SMILES string of the molecule is CC/C=C\C/C=C\C/C=C\C/C=C\CCCCCCCCCCCCCCCCCCC(=O)OCC(COC(=O)CCCCCCCCC/C=C\C/C=C\C/C=C\CC)OC(=O)CCCCCCCCCCC/C=C\C/C=C\CCCCC. The van der Waals surface area contributed by atoms with Gasteiger partial charge in [-0.05, 0) is 122 Å². The van der Waals surface area contributed by atoms with Crippen LogP contribution in [-0.2, 0) is 28.6 Å². The van der Waals surface area contributed by atoms with Crippen LogP contribution in [0.5, 0.6) is 0 Å². The Labute approximate surface area is 514 Å². The van der Waals surface area contributed by atoms with Crippen molar-refractivity contribution in [2.75, 3.05) is 13.2 Å². The fourth-order valence-electron chi connectivity index (χ4n) is 10.0. The first-order valence-corrected chi connectivity index (χ1v) is 35.4. The summed E-state index contributed by atoms with van der Waals surface area (Å²) in [6, 6.07) is 0. The summed E-state index contributed by atoms with van der Waals surface area (Å²) in [6.07, 6.45) is 96.8. The number of carbonyl (C=O) groups excluding carboxylic acids is 3. The van der Waals surface area contributed by atoms with E-state index in [0.717, 1.165) is 116 Å². The summed E-state index contributed by atoms with van der Waals surface area (Å²) < 4.78 is 17.0. The zero-order chi connectivity index (χ0) is 59.9. The van der Waals surface area contributed by atoms with E-state index in [2.05, 4.69) is 130 Å². The quantitative estimate of drug-likeness (QED) is 0.0261. The van der Waals surface area contributed by atoms with Crippen molar-refractivity contribution in [3.05, 3.63) is 109 Å². The number of ether oxygens (including phenoxy) is 3. The van der Waals surface area contributed by atoms with E-state index < -0.39 is 6.10 Å². The van der Waals surface area contributed by atoms with Gasteiger partial charge in [-0.1, -0.05) is 310 Å². The highest BCUT2D eigenvalue weighted by Gasteiger charge is 2.19. The number of hydrogen-bond acceptors (Lipinski definition) is 6. The van der Waals surface area contributed by atoms with E-state index in [1.807, 2.05) is 0 Å². The Bertz CT molecular complexity index is 1660. The molecule has 0 N–H and O–H groups in total. The molecule has 0 aromatic carbocycles. The van der Waals surface area contributed by atoms with Gasteiger partial charge in [-0.15, -0.1) is 0 Å². The second-order valence-corrected chi connectivity index (χ2v) is 23.4. The van der Waals surface area contributed by atoms with Crippen molar-refractivity contribution in [2.45, 2.75) is 348 Å². The number of allylic oxidation sites excluding steroid dienone is 18. The van der Waals surface area contributed by atoms with Gasteiger partial charge in [0.25, 0.3) is 0 Å². The van der Waals surface area contributed by atoms with Crippen LogP contribution < -0.4 is 0 Å². The minimum Gasteiger partial charge on any atom is -0.462 e. The maximum Gasteiger partial charge on any atom is 0.306 e. The summed E-state index contributed by atoms with van der Waals surface area (Å²) >= 11 is 0. The van der Waals surface area contributed by atoms with Crippen molar-refractivity contribution in [3.8, 4) is 0 Å². The van der Waals surface area contributed by atoms with Crippen molar-refractivity contribution in [1.29, 1.82) is 0 Å². The van der Waals surface area contributed by atoms with Gasteiger partial charge in [0.1, 0.15) is 13.2 Å². The van der Waals surface area contributed by atoms with Crippen molar-refractivity contribution in [2.24, 2.45) is 0 Å². The molecule has 0 radical (unpaired) electrons. The first-order valence-electron chi connectivity index (χ1n) is 35.4. The van der Waals surface area contributed by atoms with E-state index in [1.54, 1.807) is 0 Å². The predicted molar refractivity (Wildman–Crippen MR) is 362 cm³/mol. The molecule has 0 saturated heterocycles. The standard InChI is InChI=1S/C77H132O6/c1-4-7-10-13-16-19-22-25-28-31-33-34-35-36-37-38-39-40-41-42-44-46-49-52-55-58-61-64-67-70-76(79)82-73-74(72-81-75(78)69-66-63-60-57-54-51-48-45-30-27-24-21-18-15-12-9-6-3)83-77(80)71-68-65-62-59-56-53-50-47-43-32-29-26-23-20-17-14-11-8-5-2/h7,9-10,12,16-21,25-30,33-34,74H,4-6,8,11,13-15,22-24,31-32,35-73H2,1-3H3/b10-7-,12-9-,19-16-,20-17-,21-18-,28-25-,29-26-,30-27-,34-33-. The van der Waals surface area contributed by atoms with Gasteiger partial charge >= 0.3 is 17.9 Å². The fourth-order valence-corrected chi connectivity index (χ4v) is 10.0. The predicted octanol–water partition coefficient (Wildman–Crippen LogP) is 24.6. The number of unbranched alkanes of at least 4 members (excludes halogenated alkanes) is 35. The monoisotopic (exact) mass is 1150 g/mol. The first kappa shape index (κ1) is 79.1. The van der Waals surface area contributed by atoms with Crippen LogP contribution in [0.2, 0.25) is 0 Å². The summed E-state index contributed by atoms with van der Waals surface area (Å²) in [5, 5.41) is 0. The molecule has 83 heavy (non-hydrogen) atoms. The van der Waals surface area contributed by atoms with Gasteiger partial charge in [-0.2, -0.15) is 0 Å². The largest absolute Gasteiger partial charge is 0.462 e. The molecule has 0 amide bonds. The van der Waals surface area contributed by atoms with Crippen LogP contribution in [0.1, 0.15) is 342 Å². The van der Waals surface area contributed by atoms with Gasteiger partial charge in [-0.3, -0.25) is 14.4 Å². The van der Waals surface area contributed by atoms with Crippen molar-refractivity contribution in [3.63, 3.8) is 0 Å². The molecule has 0 aliphatic carbocycles. The summed E-state index contributed by atoms with van der Waals surface area (Å²) in [5.74, 6) is -0.880. The molecule has 0 aliphatic rings. The van der Waals surface area contributed by atoms with Crippen LogP contribution in [0.25, 0.3) is 0 Å².